The molecule has 2 atom stereocenters. The smallest absolute Gasteiger partial charge is 0.239 e. The quantitative estimate of drug-likeness (QED) is 0.926. The maximum atomic E-state index is 12.3. The molecule has 4 nitrogen and oxygen atoms in total. The summed E-state index contributed by atoms with van der Waals surface area (Å²) in [7, 11) is 0. The molecule has 0 radical (unpaired) electrons. The van der Waals surface area contributed by atoms with Crippen LogP contribution in [0.3, 0.4) is 0 Å². The van der Waals surface area contributed by atoms with E-state index in [0.717, 1.165) is 32.6 Å². The number of nitrogens with two attached hydrogens (primary N) is 1. The van der Waals surface area contributed by atoms with E-state index in [4.69, 9.17) is 5.73 Å². The van der Waals surface area contributed by atoms with E-state index in [1.54, 1.807) is 11.3 Å². The van der Waals surface area contributed by atoms with Crippen molar-refractivity contribution < 1.29 is 4.79 Å². The Morgan fingerprint density at radius 1 is 1.40 bits per heavy atom. The topological polar surface area (TPSA) is 49.6 Å². The minimum atomic E-state index is -0.349. The van der Waals surface area contributed by atoms with Crippen molar-refractivity contribution >= 4 is 34.7 Å². The van der Waals surface area contributed by atoms with Gasteiger partial charge in [-0.15, -0.1) is 23.7 Å². The molecule has 20 heavy (non-hydrogen) atoms. The summed E-state index contributed by atoms with van der Waals surface area (Å²) in [6.07, 6.45) is 0.946. The normalized spacial score (nSPS) is 18.4. The predicted octanol–water partition coefficient (Wildman–Crippen LogP) is 2.19. The van der Waals surface area contributed by atoms with Crippen LogP contribution in [-0.2, 0) is 4.79 Å². The van der Waals surface area contributed by atoms with E-state index in [-0.39, 0.29) is 30.3 Å². The van der Waals surface area contributed by atoms with Gasteiger partial charge in [-0.3, -0.25) is 4.79 Å². The van der Waals surface area contributed by atoms with E-state index in [1.807, 2.05) is 11.8 Å². The van der Waals surface area contributed by atoms with Gasteiger partial charge in [-0.25, -0.2) is 0 Å². The molecule has 1 aromatic heterocycles. The molecule has 1 aliphatic rings. The van der Waals surface area contributed by atoms with Gasteiger partial charge >= 0.3 is 0 Å². The first kappa shape index (κ1) is 17.3. The van der Waals surface area contributed by atoms with Crippen molar-refractivity contribution in [1.82, 2.24) is 4.90 Å². The molecule has 0 aliphatic carbocycles. The number of carbonyl (C=O) groups is 1. The first-order valence-electron chi connectivity index (χ1n) is 6.96. The van der Waals surface area contributed by atoms with Gasteiger partial charge in [0.1, 0.15) is 0 Å². The number of carbonyl (C=O) groups excluding carboxylic acids is 1. The molecule has 1 aliphatic heterocycles. The fourth-order valence-electron chi connectivity index (χ4n) is 2.31. The van der Waals surface area contributed by atoms with E-state index < -0.39 is 0 Å². The lowest BCUT2D eigenvalue weighted by atomic mass is 9.98. The van der Waals surface area contributed by atoms with Crippen LogP contribution in [0, 0.1) is 5.92 Å². The molecule has 2 heterocycles. The summed E-state index contributed by atoms with van der Waals surface area (Å²) < 4.78 is 0. The molecule has 1 fully saturated rings. The number of nitrogens with zero attached hydrogens (tertiary/aromatic N) is 2. The van der Waals surface area contributed by atoms with Crippen LogP contribution in [0.25, 0.3) is 0 Å². The molecule has 1 saturated heterocycles. The van der Waals surface area contributed by atoms with Crippen LogP contribution in [0.2, 0.25) is 0 Å². The average molecular weight is 318 g/mol. The Kier molecular flexibility index (Phi) is 6.79. The Morgan fingerprint density at radius 2 is 2.05 bits per heavy atom. The van der Waals surface area contributed by atoms with E-state index in [0.29, 0.717) is 0 Å². The highest BCUT2D eigenvalue weighted by Crippen LogP contribution is 2.22. The number of piperazine rings is 1. The van der Waals surface area contributed by atoms with Crippen molar-refractivity contribution in [2.45, 2.75) is 26.3 Å². The summed E-state index contributed by atoms with van der Waals surface area (Å²) in [5.74, 6) is 0.364. The lowest BCUT2D eigenvalue weighted by Crippen LogP contribution is -2.54. The highest BCUT2D eigenvalue weighted by Gasteiger charge is 2.27. The largest absolute Gasteiger partial charge is 0.360 e. The van der Waals surface area contributed by atoms with Crippen LogP contribution < -0.4 is 10.6 Å². The van der Waals surface area contributed by atoms with Crippen LogP contribution >= 0.6 is 23.7 Å². The van der Waals surface area contributed by atoms with Crippen LogP contribution in [-0.4, -0.2) is 43.0 Å². The lowest BCUT2D eigenvalue weighted by Gasteiger charge is -2.37. The predicted molar refractivity (Wildman–Crippen MR) is 87.8 cm³/mol. The Hall–Kier alpha value is -0.780. The van der Waals surface area contributed by atoms with Gasteiger partial charge in [0, 0.05) is 26.2 Å². The van der Waals surface area contributed by atoms with Crippen molar-refractivity contribution in [2.24, 2.45) is 11.7 Å². The molecule has 2 rings (SSSR count). The van der Waals surface area contributed by atoms with E-state index >= 15 is 0 Å². The Morgan fingerprint density at radius 3 is 2.55 bits per heavy atom. The van der Waals surface area contributed by atoms with Gasteiger partial charge in [0.15, 0.2) is 0 Å². The zero-order valence-corrected chi connectivity index (χ0v) is 13.8. The van der Waals surface area contributed by atoms with Crippen LogP contribution in [0.5, 0.6) is 0 Å². The fourth-order valence-corrected chi connectivity index (χ4v) is 3.09. The molecule has 0 bridgehead atoms. The summed E-state index contributed by atoms with van der Waals surface area (Å²) >= 11 is 1.75. The first-order valence-corrected chi connectivity index (χ1v) is 7.84. The minimum absolute atomic E-state index is 0. The number of hydrogen-bond donors (Lipinski definition) is 1. The zero-order valence-electron chi connectivity index (χ0n) is 12.1. The molecule has 0 aromatic carbocycles. The summed E-state index contributed by atoms with van der Waals surface area (Å²) in [4.78, 5) is 16.5. The van der Waals surface area contributed by atoms with E-state index in [2.05, 4.69) is 29.3 Å². The Bertz CT molecular complexity index is 405. The summed E-state index contributed by atoms with van der Waals surface area (Å²) in [6.45, 7) is 7.48. The number of anilines is 1. The second-order valence-corrected chi connectivity index (χ2v) is 6.10. The third-order valence-corrected chi connectivity index (χ3v) is 4.88. The molecular weight excluding hydrogens is 294 g/mol. The van der Waals surface area contributed by atoms with Crippen LogP contribution in [0.15, 0.2) is 17.5 Å². The maximum absolute atomic E-state index is 12.3. The third kappa shape index (κ3) is 3.87. The van der Waals surface area contributed by atoms with Gasteiger partial charge in [0.05, 0.1) is 11.0 Å². The molecule has 6 heteroatoms. The number of rotatable bonds is 4. The van der Waals surface area contributed by atoms with Crippen molar-refractivity contribution in [3.63, 3.8) is 0 Å². The first-order chi connectivity index (χ1) is 9.13. The Balaban J connectivity index is 0.00000200. The molecule has 2 unspecified atom stereocenters. The highest BCUT2D eigenvalue weighted by molar-refractivity contribution is 7.14. The second-order valence-electron chi connectivity index (χ2n) is 5.17. The molecule has 2 N–H and O–H groups in total. The molecule has 1 aromatic rings. The molecule has 1 amide bonds. The van der Waals surface area contributed by atoms with Crippen molar-refractivity contribution in [3.8, 4) is 0 Å². The number of halogens is 1. The molecule has 114 valence electrons. The second kappa shape index (κ2) is 7.86. The van der Waals surface area contributed by atoms with Crippen molar-refractivity contribution in [1.29, 1.82) is 0 Å². The minimum Gasteiger partial charge on any atom is -0.360 e. The molecule has 0 saturated carbocycles. The maximum Gasteiger partial charge on any atom is 0.239 e. The monoisotopic (exact) mass is 317 g/mol. The number of hydrogen-bond acceptors (Lipinski definition) is 4. The lowest BCUT2D eigenvalue weighted by molar-refractivity contribution is -0.134. The summed E-state index contributed by atoms with van der Waals surface area (Å²) in [6, 6.07) is 3.85. The number of amides is 1. The summed E-state index contributed by atoms with van der Waals surface area (Å²) in [5, 5.41) is 3.38. The fraction of sp³-hybridized carbons (Fsp3) is 0.643. The third-order valence-electron chi connectivity index (χ3n) is 3.95. The highest BCUT2D eigenvalue weighted by atomic mass is 35.5. The standard InChI is InChI=1S/C14H23N3OS.ClH/c1-3-11(2)13(15)14(18)17-8-6-16(7-9-17)12-5-4-10-19-12;/h4-5,10-11,13H,3,6-9,15H2,1-2H3;1H. The average Bonchev–Trinajstić information content (AvgIpc) is 2.99. The zero-order chi connectivity index (χ0) is 13.8. The van der Waals surface area contributed by atoms with Crippen molar-refractivity contribution in [3.05, 3.63) is 17.5 Å². The SMILES string of the molecule is CCC(C)C(N)C(=O)N1CCN(c2cccs2)CC1.Cl. The van der Waals surface area contributed by atoms with Gasteiger partial charge in [-0.05, 0) is 23.4 Å². The Labute approximate surface area is 131 Å². The molecular formula is C14H24ClN3OS. The van der Waals surface area contributed by atoms with Gasteiger partial charge in [-0.1, -0.05) is 20.3 Å². The van der Waals surface area contributed by atoms with Gasteiger partial charge < -0.3 is 15.5 Å². The number of thiophene rings is 1. The van der Waals surface area contributed by atoms with E-state index in [1.165, 1.54) is 5.00 Å². The van der Waals surface area contributed by atoms with Gasteiger partial charge in [-0.2, -0.15) is 0 Å². The van der Waals surface area contributed by atoms with Crippen molar-refractivity contribution in [2.75, 3.05) is 31.1 Å². The molecule has 0 spiro atoms. The van der Waals surface area contributed by atoms with E-state index in [9.17, 15) is 4.79 Å². The van der Waals surface area contributed by atoms with Gasteiger partial charge in [0.2, 0.25) is 5.91 Å². The van der Waals surface area contributed by atoms with Crippen LogP contribution in [0.4, 0.5) is 5.00 Å². The summed E-state index contributed by atoms with van der Waals surface area (Å²) in [5.41, 5.74) is 6.03. The van der Waals surface area contributed by atoms with Gasteiger partial charge in [0.25, 0.3) is 0 Å². The van der Waals surface area contributed by atoms with Crippen LogP contribution in [0.1, 0.15) is 20.3 Å².